The van der Waals surface area contributed by atoms with Crippen molar-refractivity contribution in [1.82, 2.24) is 19.9 Å². The van der Waals surface area contributed by atoms with E-state index in [-0.39, 0.29) is 24.3 Å². The molecule has 1 aliphatic carbocycles. The van der Waals surface area contributed by atoms with Crippen molar-refractivity contribution in [1.29, 1.82) is 0 Å². The summed E-state index contributed by atoms with van der Waals surface area (Å²) < 4.78 is 11.5. The van der Waals surface area contributed by atoms with E-state index >= 15 is 0 Å². The van der Waals surface area contributed by atoms with Crippen LogP contribution in [0.25, 0.3) is 0 Å². The number of rotatable bonds is 6. The number of pyridine rings is 2. The maximum absolute atomic E-state index is 9.00. The van der Waals surface area contributed by atoms with E-state index in [9.17, 15) is 0 Å². The number of aromatic nitrogens is 4. The Bertz CT molecular complexity index is 1330. The van der Waals surface area contributed by atoms with Gasteiger partial charge < -0.3 is 30.1 Å². The fraction of sp³-hybridized carbons (Fsp3) is 0.500. The van der Waals surface area contributed by atoms with Crippen LogP contribution in [0.4, 0.5) is 11.6 Å². The summed E-state index contributed by atoms with van der Waals surface area (Å²) in [4.78, 5) is 24.4. The quantitative estimate of drug-likeness (QED) is 0.443. The van der Waals surface area contributed by atoms with Crippen molar-refractivity contribution in [3.63, 3.8) is 0 Å². The van der Waals surface area contributed by atoms with Crippen LogP contribution in [-0.4, -0.2) is 70.7 Å². The molecule has 7 rings (SSSR count). The number of hydrogen-bond acceptors (Lipinski definition) is 11. The number of piperidine rings is 1. The molecular formula is C28H33N7O3S. The molecular weight excluding hydrogens is 514 g/mol. The van der Waals surface area contributed by atoms with Crippen molar-refractivity contribution in [3.8, 4) is 5.75 Å². The molecule has 39 heavy (non-hydrogen) atoms. The first-order chi connectivity index (χ1) is 19.1. The van der Waals surface area contributed by atoms with Crippen LogP contribution in [0.2, 0.25) is 0 Å². The van der Waals surface area contributed by atoms with Gasteiger partial charge in [0.15, 0.2) is 11.6 Å². The van der Waals surface area contributed by atoms with E-state index in [1.54, 1.807) is 11.8 Å². The summed E-state index contributed by atoms with van der Waals surface area (Å²) in [6.45, 7) is 3.60. The van der Waals surface area contributed by atoms with E-state index in [4.69, 9.17) is 30.3 Å². The van der Waals surface area contributed by atoms with Crippen molar-refractivity contribution in [2.45, 2.75) is 47.7 Å². The molecule has 11 heteroatoms. The Labute approximate surface area is 232 Å². The van der Waals surface area contributed by atoms with Crippen molar-refractivity contribution < 1.29 is 14.6 Å². The lowest BCUT2D eigenvalue weighted by Gasteiger charge is -2.42. The molecule has 0 unspecified atom stereocenters. The SMILES string of the molecule is N[C@@H]1c2cccnc2CC12CCN(c1cnc(Sc3ccnc4c3OC[C@@H]3C[C@H](COCO)CN43)cn1)CC2. The third-order valence-corrected chi connectivity index (χ3v) is 9.80. The van der Waals surface area contributed by atoms with E-state index < -0.39 is 0 Å². The number of aliphatic hydroxyl groups excluding tert-OH is 1. The Kier molecular flexibility index (Phi) is 6.54. The molecule has 3 aromatic rings. The first-order valence-electron chi connectivity index (χ1n) is 13.6. The summed E-state index contributed by atoms with van der Waals surface area (Å²) in [6.07, 6.45) is 11.4. The normalized spacial score (nSPS) is 24.8. The van der Waals surface area contributed by atoms with Crippen LogP contribution in [-0.2, 0) is 11.2 Å². The van der Waals surface area contributed by atoms with Crippen LogP contribution in [0.3, 0.4) is 0 Å². The van der Waals surface area contributed by atoms with E-state index in [2.05, 4.69) is 25.8 Å². The highest BCUT2D eigenvalue weighted by Crippen LogP contribution is 2.50. The summed E-state index contributed by atoms with van der Waals surface area (Å²) in [5.41, 5.74) is 9.19. The second-order valence-electron chi connectivity index (χ2n) is 11.0. The summed E-state index contributed by atoms with van der Waals surface area (Å²) >= 11 is 1.55. The van der Waals surface area contributed by atoms with E-state index in [0.29, 0.717) is 19.1 Å². The lowest BCUT2D eigenvalue weighted by molar-refractivity contribution is -0.0151. The van der Waals surface area contributed by atoms with Crippen LogP contribution in [0.5, 0.6) is 5.75 Å². The van der Waals surface area contributed by atoms with Gasteiger partial charge in [0.25, 0.3) is 0 Å². The summed E-state index contributed by atoms with van der Waals surface area (Å²) in [5.74, 6) is 2.94. The smallest absolute Gasteiger partial charge is 0.175 e. The summed E-state index contributed by atoms with van der Waals surface area (Å²) in [6, 6.07) is 6.44. The molecule has 2 fully saturated rings. The fourth-order valence-corrected chi connectivity index (χ4v) is 7.56. The van der Waals surface area contributed by atoms with Gasteiger partial charge in [-0.25, -0.2) is 15.0 Å². The molecule has 1 spiro atoms. The van der Waals surface area contributed by atoms with E-state index in [1.165, 1.54) is 5.56 Å². The molecule has 3 atom stereocenters. The molecule has 4 aliphatic rings. The van der Waals surface area contributed by atoms with Gasteiger partial charge in [-0.15, -0.1) is 0 Å². The Morgan fingerprint density at radius 1 is 1.13 bits per heavy atom. The predicted octanol–water partition coefficient (Wildman–Crippen LogP) is 2.81. The first-order valence-corrected chi connectivity index (χ1v) is 14.5. The second kappa shape index (κ2) is 10.2. The van der Waals surface area contributed by atoms with Gasteiger partial charge in [-0.1, -0.05) is 17.8 Å². The molecule has 2 saturated heterocycles. The highest BCUT2D eigenvalue weighted by atomic mass is 32.2. The average molecular weight is 548 g/mol. The predicted molar refractivity (Wildman–Crippen MR) is 147 cm³/mol. The van der Waals surface area contributed by atoms with Crippen LogP contribution < -0.4 is 20.3 Å². The van der Waals surface area contributed by atoms with Gasteiger partial charge in [0.2, 0.25) is 0 Å². The third-order valence-electron chi connectivity index (χ3n) is 8.84. The van der Waals surface area contributed by atoms with Gasteiger partial charge in [-0.2, -0.15) is 0 Å². The average Bonchev–Trinajstić information content (AvgIpc) is 3.52. The number of hydrogen-bond donors (Lipinski definition) is 2. The van der Waals surface area contributed by atoms with Crippen molar-refractivity contribution in [3.05, 3.63) is 54.2 Å². The molecule has 0 amide bonds. The highest BCUT2D eigenvalue weighted by Gasteiger charge is 2.46. The Morgan fingerprint density at radius 3 is 2.82 bits per heavy atom. The zero-order chi connectivity index (χ0) is 26.4. The molecule has 10 nitrogen and oxygen atoms in total. The van der Waals surface area contributed by atoms with Crippen LogP contribution in [0.1, 0.15) is 36.6 Å². The Hall–Kier alpha value is -2.99. The van der Waals surface area contributed by atoms with Crippen molar-refractivity contribution in [2.75, 3.05) is 49.4 Å². The minimum absolute atomic E-state index is 0.0531. The van der Waals surface area contributed by atoms with Crippen LogP contribution in [0, 0.1) is 11.3 Å². The van der Waals surface area contributed by atoms with Gasteiger partial charge in [0.1, 0.15) is 24.2 Å². The van der Waals surface area contributed by atoms with Crippen molar-refractivity contribution in [2.24, 2.45) is 17.1 Å². The zero-order valence-corrected chi connectivity index (χ0v) is 22.6. The number of ether oxygens (including phenoxy) is 2. The molecule has 0 saturated carbocycles. The molecule has 3 aliphatic heterocycles. The van der Waals surface area contributed by atoms with Gasteiger partial charge in [0.05, 0.1) is 29.9 Å². The minimum Gasteiger partial charge on any atom is -0.486 e. The Morgan fingerprint density at radius 2 is 2.03 bits per heavy atom. The third kappa shape index (κ3) is 4.51. The topological polar surface area (TPSA) is 123 Å². The Balaban J connectivity index is 1.01. The lowest BCUT2D eigenvalue weighted by atomic mass is 9.73. The number of aliphatic hydroxyl groups is 1. The van der Waals surface area contributed by atoms with Crippen LogP contribution in [0.15, 0.2) is 52.9 Å². The molecule has 204 valence electrons. The largest absolute Gasteiger partial charge is 0.486 e. The minimum atomic E-state index is -0.244. The number of nitrogens with zero attached hydrogens (tertiary/aromatic N) is 6. The maximum atomic E-state index is 9.00. The molecule has 0 aromatic carbocycles. The first kappa shape index (κ1) is 25.0. The molecule has 6 heterocycles. The van der Waals surface area contributed by atoms with E-state index in [0.717, 1.165) is 78.3 Å². The van der Waals surface area contributed by atoms with Gasteiger partial charge in [-0.05, 0) is 48.8 Å². The number of anilines is 2. The second-order valence-corrected chi connectivity index (χ2v) is 12.1. The van der Waals surface area contributed by atoms with Gasteiger partial charge in [0, 0.05) is 49.7 Å². The maximum Gasteiger partial charge on any atom is 0.175 e. The van der Waals surface area contributed by atoms with Gasteiger partial charge >= 0.3 is 0 Å². The van der Waals surface area contributed by atoms with Gasteiger partial charge in [-0.3, -0.25) is 4.98 Å². The lowest BCUT2D eigenvalue weighted by Crippen LogP contribution is -2.44. The monoisotopic (exact) mass is 547 g/mol. The number of fused-ring (bicyclic) bond motifs is 4. The van der Waals surface area contributed by atoms with Crippen LogP contribution >= 0.6 is 11.8 Å². The molecule has 3 aromatic heterocycles. The fourth-order valence-electron chi connectivity index (χ4n) is 6.75. The summed E-state index contributed by atoms with van der Waals surface area (Å²) in [5, 5.41) is 9.82. The molecule has 3 N–H and O–H groups in total. The number of nitrogens with two attached hydrogens (primary N) is 1. The summed E-state index contributed by atoms with van der Waals surface area (Å²) in [7, 11) is 0. The zero-order valence-electron chi connectivity index (χ0n) is 21.8. The molecule has 0 bridgehead atoms. The standard InChI is InChI=1S/C28H33N7O3S/c29-26-20-2-1-6-30-21(20)11-28(26)4-8-34(9-5-28)23-12-33-24(13-32-23)39-22-3-7-31-27-25(22)38-16-19-10-18(14-35(19)27)15-37-17-36/h1-3,6-7,12-13,18-19,26,36H,4-5,8-11,14-17,29H2/t18-,19-,26+/m0/s1. The highest BCUT2D eigenvalue weighted by molar-refractivity contribution is 7.99. The molecule has 0 radical (unpaired) electrons. The van der Waals surface area contributed by atoms with E-state index in [1.807, 2.05) is 36.9 Å². The van der Waals surface area contributed by atoms with Crippen molar-refractivity contribution >= 4 is 23.4 Å².